The predicted octanol–water partition coefficient (Wildman–Crippen LogP) is 5.02. The molecule has 0 amide bonds. The predicted molar refractivity (Wildman–Crippen MR) is 79.5 cm³/mol. The number of pyridine rings is 1. The topological polar surface area (TPSA) is 33.1 Å². The van der Waals surface area contributed by atoms with Crippen LogP contribution >= 0.6 is 15.9 Å². The Morgan fingerprint density at radius 3 is 2.44 bits per heavy atom. The number of hydrogen-bond donors (Lipinski definition) is 1. The van der Waals surface area contributed by atoms with Crippen LogP contribution < -0.4 is 0 Å². The fraction of sp³-hybridized carbons (Fsp3) is 0.667. The Balaban J connectivity index is 2.12. The molecule has 3 heteroatoms. The van der Waals surface area contributed by atoms with Gasteiger partial charge in [0.05, 0.1) is 6.10 Å². The van der Waals surface area contributed by atoms with Gasteiger partial charge in [-0.2, -0.15) is 0 Å². The largest absolute Gasteiger partial charge is 0.388 e. The maximum atomic E-state index is 10.0. The van der Waals surface area contributed by atoms with Gasteiger partial charge in [-0.1, -0.05) is 51.9 Å². The van der Waals surface area contributed by atoms with Crippen molar-refractivity contribution in [3.63, 3.8) is 0 Å². The highest BCUT2D eigenvalue weighted by atomic mass is 79.9. The van der Waals surface area contributed by atoms with Gasteiger partial charge in [-0.15, -0.1) is 0 Å². The van der Waals surface area contributed by atoms with E-state index in [0.29, 0.717) is 0 Å². The van der Waals surface area contributed by atoms with Crippen LogP contribution in [0.4, 0.5) is 0 Å². The van der Waals surface area contributed by atoms with Crippen molar-refractivity contribution in [1.82, 2.24) is 4.98 Å². The number of aromatic nitrogens is 1. The van der Waals surface area contributed by atoms with Crippen LogP contribution in [0.3, 0.4) is 0 Å². The third-order valence-electron chi connectivity index (χ3n) is 3.19. The minimum atomic E-state index is -0.370. The Kier molecular flexibility index (Phi) is 8.27. The van der Waals surface area contributed by atoms with E-state index in [1.807, 2.05) is 6.07 Å². The quantitative estimate of drug-likeness (QED) is 0.649. The lowest BCUT2D eigenvalue weighted by molar-refractivity contribution is 0.163. The van der Waals surface area contributed by atoms with Crippen molar-refractivity contribution in [3.8, 4) is 0 Å². The molecular weight excluding hydrogens is 290 g/mol. The molecular formula is C15H24BrNO. The third kappa shape index (κ3) is 6.50. The highest BCUT2D eigenvalue weighted by Crippen LogP contribution is 2.22. The summed E-state index contributed by atoms with van der Waals surface area (Å²) < 4.78 is 0.929. The molecule has 18 heavy (non-hydrogen) atoms. The SMILES string of the molecule is CCCCCCCCCC(O)c1cncc(Br)c1. The maximum Gasteiger partial charge on any atom is 0.0805 e. The van der Waals surface area contributed by atoms with Crippen LogP contribution in [-0.2, 0) is 0 Å². The molecule has 0 aliphatic carbocycles. The lowest BCUT2D eigenvalue weighted by Crippen LogP contribution is -1.98. The van der Waals surface area contributed by atoms with E-state index >= 15 is 0 Å². The van der Waals surface area contributed by atoms with E-state index < -0.39 is 0 Å². The van der Waals surface area contributed by atoms with Crippen molar-refractivity contribution in [1.29, 1.82) is 0 Å². The molecule has 0 spiro atoms. The van der Waals surface area contributed by atoms with Gasteiger partial charge in [-0.25, -0.2) is 0 Å². The van der Waals surface area contributed by atoms with Crippen molar-refractivity contribution in [3.05, 3.63) is 28.5 Å². The molecule has 0 radical (unpaired) electrons. The molecule has 1 N–H and O–H groups in total. The first-order valence-electron chi connectivity index (χ1n) is 7.02. The fourth-order valence-electron chi connectivity index (χ4n) is 2.07. The van der Waals surface area contributed by atoms with Crippen molar-refractivity contribution < 1.29 is 5.11 Å². The standard InChI is InChI=1S/C15H24BrNO/c1-2-3-4-5-6-7-8-9-15(18)13-10-14(16)12-17-11-13/h10-12,15,18H,2-9H2,1H3. The second-order valence-corrected chi connectivity index (χ2v) is 5.78. The average molecular weight is 314 g/mol. The van der Waals surface area contributed by atoms with E-state index in [-0.39, 0.29) is 6.10 Å². The minimum Gasteiger partial charge on any atom is -0.388 e. The fourth-order valence-corrected chi connectivity index (χ4v) is 2.45. The van der Waals surface area contributed by atoms with Crippen LogP contribution in [0, 0.1) is 0 Å². The van der Waals surface area contributed by atoms with Gasteiger partial charge in [-0.05, 0) is 34.0 Å². The van der Waals surface area contributed by atoms with E-state index in [1.165, 1.54) is 38.5 Å². The molecule has 102 valence electrons. The van der Waals surface area contributed by atoms with Crippen LogP contribution in [0.5, 0.6) is 0 Å². The number of aliphatic hydroxyl groups is 1. The molecule has 1 heterocycles. The highest BCUT2D eigenvalue weighted by Gasteiger charge is 2.07. The zero-order chi connectivity index (χ0) is 13.2. The number of halogens is 1. The number of nitrogens with zero attached hydrogens (tertiary/aromatic N) is 1. The summed E-state index contributed by atoms with van der Waals surface area (Å²) in [7, 11) is 0. The molecule has 0 saturated heterocycles. The monoisotopic (exact) mass is 313 g/mol. The molecule has 1 rings (SSSR count). The van der Waals surface area contributed by atoms with Crippen molar-refractivity contribution in [2.45, 2.75) is 64.4 Å². The molecule has 0 aliphatic rings. The number of rotatable bonds is 9. The van der Waals surface area contributed by atoms with Gasteiger partial charge in [0.15, 0.2) is 0 Å². The van der Waals surface area contributed by atoms with Crippen LogP contribution in [0.25, 0.3) is 0 Å². The Morgan fingerprint density at radius 2 is 1.78 bits per heavy atom. The smallest absolute Gasteiger partial charge is 0.0805 e. The third-order valence-corrected chi connectivity index (χ3v) is 3.63. The second-order valence-electron chi connectivity index (χ2n) is 4.86. The Hall–Kier alpha value is -0.410. The van der Waals surface area contributed by atoms with E-state index in [2.05, 4.69) is 27.8 Å². The minimum absolute atomic E-state index is 0.370. The Morgan fingerprint density at radius 1 is 1.11 bits per heavy atom. The zero-order valence-electron chi connectivity index (χ0n) is 11.2. The summed E-state index contributed by atoms with van der Waals surface area (Å²) in [5.41, 5.74) is 0.912. The summed E-state index contributed by atoms with van der Waals surface area (Å²) in [6.07, 6.45) is 12.9. The van der Waals surface area contributed by atoms with Crippen molar-refractivity contribution in [2.24, 2.45) is 0 Å². The van der Waals surface area contributed by atoms with Crippen LogP contribution in [0.15, 0.2) is 22.9 Å². The van der Waals surface area contributed by atoms with E-state index in [4.69, 9.17) is 0 Å². The first kappa shape index (κ1) is 15.6. The first-order valence-corrected chi connectivity index (χ1v) is 7.82. The number of unbranched alkanes of at least 4 members (excludes halogenated alkanes) is 6. The summed E-state index contributed by atoms with van der Waals surface area (Å²) in [5, 5.41) is 10.0. The summed E-state index contributed by atoms with van der Waals surface area (Å²) in [6, 6.07) is 1.94. The Bertz CT molecular complexity index is 330. The molecule has 1 aromatic rings. The summed E-state index contributed by atoms with van der Waals surface area (Å²) >= 11 is 3.37. The molecule has 0 saturated carbocycles. The summed E-state index contributed by atoms with van der Waals surface area (Å²) in [6.45, 7) is 2.24. The van der Waals surface area contributed by atoms with E-state index in [9.17, 15) is 5.11 Å². The molecule has 2 nitrogen and oxygen atoms in total. The molecule has 0 fully saturated rings. The normalized spacial score (nSPS) is 12.6. The molecule has 0 aromatic carbocycles. The number of hydrogen-bond acceptors (Lipinski definition) is 2. The van der Waals surface area contributed by atoms with Gasteiger partial charge in [0.1, 0.15) is 0 Å². The van der Waals surface area contributed by atoms with Crippen LogP contribution in [0.1, 0.15) is 70.0 Å². The number of aliphatic hydroxyl groups excluding tert-OH is 1. The van der Waals surface area contributed by atoms with Crippen LogP contribution in [0.2, 0.25) is 0 Å². The first-order chi connectivity index (χ1) is 8.74. The van der Waals surface area contributed by atoms with Crippen LogP contribution in [-0.4, -0.2) is 10.1 Å². The lowest BCUT2D eigenvalue weighted by Gasteiger charge is -2.10. The van der Waals surface area contributed by atoms with Gasteiger partial charge < -0.3 is 5.11 Å². The summed E-state index contributed by atoms with van der Waals surface area (Å²) in [4.78, 5) is 4.08. The molecule has 0 aliphatic heterocycles. The lowest BCUT2D eigenvalue weighted by atomic mass is 10.0. The second kappa shape index (κ2) is 9.51. The maximum absolute atomic E-state index is 10.0. The van der Waals surface area contributed by atoms with E-state index in [1.54, 1.807) is 12.4 Å². The van der Waals surface area contributed by atoms with Gasteiger partial charge in [0, 0.05) is 16.9 Å². The van der Waals surface area contributed by atoms with Crippen molar-refractivity contribution in [2.75, 3.05) is 0 Å². The van der Waals surface area contributed by atoms with Gasteiger partial charge in [0.25, 0.3) is 0 Å². The molecule has 1 atom stereocenters. The van der Waals surface area contributed by atoms with Gasteiger partial charge >= 0.3 is 0 Å². The van der Waals surface area contributed by atoms with Gasteiger partial charge in [-0.3, -0.25) is 4.98 Å². The highest BCUT2D eigenvalue weighted by molar-refractivity contribution is 9.10. The average Bonchev–Trinajstić information content (AvgIpc) is 2.37. The summed E-state index contributed by atoms with van der Waals surface area (Å²) in [5.74, 6) is 0. The molecule has 0 bridgehead atoms. The van der Waals surface area contributed by atoms with E-state index in [0.717, 1.165) is 22.9 Å². The van der Waals surface area contributed by atoms with Crippen molar-refractivity contribution >= 4 is 15.9 Å². The van der Waals surface area contributed by atoms with Gasteiger partial charge in [0.2, 0.25) is 0 Å². The zero-order valence-corrected chi connectivity index (χ0v) is 12.8. The molecule has 1 aromatic heterocycles. The Labute approximate surface area is 119 Å². The molecule has 1 unspecified atom stereocenters.